The van der Waals surface area contributed by atoms with Gasteiger partial charge in [0.1, 0.15) is 29.4 Å². The normalized spacial score (nSPS) is 15.6. The number of halogens is 1. The Morgan fingerprint density at radius 3 is 2.70 bits per heavy atom. The second-order valence-corrected chi connectivity index (χ2v) is 12.5. The van der Waals surface area contributed by atoms with Crippen LogP contribution in [0.4, 0.5) is 10.1 Å². The maximum Gasteiger partial charge on any atom is 0.227 e. The maximum atomic E-state index is 14.8. The fourth-order valence-electron chi connectivity index (χ4n) is 6.82. The predicted octanol–water partition coefficient (Wildman–Crippen LogP) is 6.97. The van der Waals surface area contributed by atoms with Gasteiger partial charge in [-0.05, 0) is 81.2 Å². The first-order valence-electron chi connectivity index (χ1n) is 16.3. The van der Waals surface area contributed by atoms with Crippen LogP contribution in [0.1, 0.15) is 38.5 Å². The number of fused-ring (bicyclic) bond motifs is 2. The van der Waals surface area contributed by atoms with Crippen LogP contribution in [-0.4, -0.2) is 67.2 Å². The van der Waals surface area contributed by atoms with Gasteiger partial charge in [-0.25, -0.2) is 9.37 Å². The summed E-state index contributed by atoms with van der Waals surface area (Å²) in [4.78, 5) is 32.5. The van der Waals surface area contributed by atoms with E-state index < -0.39 is 0 Å². The molecule has 0 atom stereocenters. The number of carbonyl (C=O) groups is 1. The van der Waals surface area contributed by atoms with Crippen LogP contribution in [-0.2, 0) is 4.79 Å². The number of pyridine rings is 3. The molecule has 3 N–H and O–H groups in total. The van der Waals surface area contributed by atoms with Crippen LogP contribution >= 0.6 is 0 Å². The van der Waals surface area contributed by atoms with Gasteiger partial charge in [0.15, 0.2) is 0 Å². The number of benzene rings is 1. The van der Waals surface area contributed by atoms with Crippen LogP contribution in [0.5, 0.6) is 5.75 Å². The number of rotatable bonds is 9. The number of nitrogens with one attached hydrogen (secondary N) is 3. The summed E-state index contributed by atoms with van der Waals surface area (Å²) >= 11 is 0. The van der Waals surface area contributed by atoms with Crippen molar-refractivity contribution in [1.82, 2.24) is 35.0 Å². The second kappa shape index (κ2) is 12.6. The van der Waals surface area contributed by atoms with Crippen molar-refractivity contribution < 1.29 is 13.9 Å². The molecule has 238 valence electrons. The Balaban J connectivity index is 1.08. The summed E-state index contributed by atoms with van der Waals surface area (Å²) in [5.74, 6) is 0.226. The zero-order valence-electron chi connectivity index (χ0n) is 25.9. The number of likely N-dealkylation sites (tertiary alicyclic amines) is 1. The number of hydrogen-bond donors (Lipinski definition) is 3. The lowest BCUT2D eigenvalue weighted by Gasteiger charge is -2.15. The molecule has 6 heterocycles. The molecule has 0 spiro atoms. The quantitative estimate of drug-likeness (QED) is 0.158. The van der Waals surface area contributed by atoms with Crippen LogP contribution in [0.2, 0.25) is 0 Å². The van der Waals surface area contributed by atoms with E-state index in [1.54, 1.807) is 18.6 Å². The van der Waals surface area contributed by atoms with Crippen molar-refractivity contribution in [3.8, 4) is 39.7 Å². The molecule has 0 radical (unpaired) electrons. The summed E-state index contributed by atoms with van der Waals surface area (Å²) in [7, 11) is 0. The lowest BCUT2D eigenvalue weighted by molar-refractivity contribution is -0.119. The standard InChI is InChI=1S/C36H35FN8O2/c37-25-15-23(17-27(18-25)47-14-13-45-11-3-4-12-45)33-28-19-32(41-30(28)9-10-39-33)35-34-31(43-44-35)8-7-29(42-34)24-16-26(21-38-20-24)40-36(46)22-5-1-2-6-22/h7-10,15-22,41H,1-6,11-14H2,(H,40,46)(H,43,44). The highest BCUT2D eigenvalue weighted by Crippen LogP contribution is 2.35. The molecule has 8 rings (SSSR count). The number of nitrogens with zero attached hydrogens (tertiary/aromatic N) is 5. The third kappa shape index (κ3) is 6.06. The van der Waals surface area contributed by atoms with Crippen molar-refractivity contribution >= 4 is 33.5 Å². The first kappa shape index (κ1) is 29.3. The highest BCUT2D eigenvalue weighted by molar-refractivity contribution is 5.99. The molecule has 5 aromatic heterocycles. The number of hydrogen-bond acceptors (Lipinski definition) is 7. The van der Waals surface area contributed by atoms with Gasteiger partial charge >= 0.3 is 0 Å². The summed E-state index contributed by atoms with van der Waals surface area (Å²) in [5, 5.41) is 11.6. The molecule has 47 heavy (non-hydrogen) atoms. The molecule has 0 bridgehead atoms. The Bertz CT molecular complexity index is 2080. The first-order chi connectivity index (χ1) is 23.1. The van der Waals surface area contributed by atoms with Gasteiger partial charge < -0.3 is 15.0 Å². The van der Waals surface area contributed by atoms with Crippen LogP contribution < -0.4 is 10.1 Å². The molecular formula is C36H35FN8O2. The van der Waals surface area contributed by atoms with Crippen LogP contribution in [0.3, 0.4) is 0 Å². The van der Waals surface area contributed by atoms with Gasteiger partial charge in [-0.15, -0.1) is 0 Å². The molecule has 6 aromatic rings. The van der Waals surface area contributed by atoms with Crippen molar-refractivity contribution in [2.75, 3.05) is 31.6 Å². The highest BCUT2D eigenvalue weighted by Gasteiger charge is 2.23. The van der Waals surface area contributed by atoms with Crippen LogP contribution in [0.15, 0.2) is 67.1 Å². The Labute approximate surface area is 270 Å². The van der Waals surface area contributed by atoms with Crippen molar-refractivity contribution in [2.24, 2.45) is 5.92 Å². The van der Waals surface area contributed by atoms with Crippen molar-refractivity contribution in [3.05, 3.63) is 72.9 Å². The highest BCUT2D eigenvalue weighted by atomic mass is 19.1. The van der Waals surface area contributed by atoms with Gasteiger partial charge in [-0.3, -0.25) is 24.8 Å². The minimum absolute atomic E-state index is 0.0502. The van der Waals surface area contributed by atoms with Crippen molar-refractivity contribution in [1.29, 1.82) is 0 Å². The van der Waals surface area contributed by atoms with E-state index in [9.17, 15) is 9.18 Å². The minimum atomic E-state index is -0.375. The second-order valence-electron chi connectivity index (χ2n) is 12.5. The van der Waals surface area contributed by atoms with Crippen molar-refractivity contribution in [3.63, 3.8) is 0 Å². The van der Waals surface area contributed by atoms with Crippen molar-refractivity contribution in [2.45, 2.75) is 38.5 Å². The van der Waals surface area contributed by atoms with Gasteiger partial charge in [0.25, 0.3) is 0 Å². The Morgan fingerprint density at radius 1 is 0.957 bits per heavy atom. The zero-order valence-corrected chi connectivity index (χ0v) is 25.9. The molecule has 2 aliphatic rings. The first-order valence-corrected chi connectivity index (χ1v) is 16.3. The topological polar surface area (TPSA) is 125 Å². The van der Waals surface area contributed by atoms with E-state index in [-0.39, 0.29) is 17.6 Å². The lowest BCUT2D eigenvalue weighted by atomic mass is 10.1. The third-order valence-electron chi connectivity index (χ3n) is 9.26. The molecule has 1 saturated heterocycles. The fourth-order valence-corrected chi connectivity index (χ4v) is 6.82. The molecule has 1 aliphatic heterocycles. The number of amides is 1. The summed E-state index contributed by atoms with van der Waals surface area (Å²) < 4.78 is 20.8. The Kier molecular flexibility index (Phi) is 7.82. The average molecular weight is 631 g/mol. The summed E-state index contributed by atoms with van der Waals surface area (Å²) in [5.41, 5.74) is 7.13. The van der Waals surface area contributed by atoms with E-state index in [0.29, 0.717) is 46.2 Å². The van der Waals surface area contributed by atoms with Crippen LogP contribution in [0.25, 0.3) is 55.8 Å². The number of aromatic nitrogens is 6. The summed E-state index contributed by atoms with van der Waals surface area (Å²) in [6.07, 6.45) is 11.6. The Morgan fingerprint density at radius 2 is 1.83 bits per heavy atom. The summed E-state index contributed by atoms with van der Waals surface area (Å²) in [6, 6.07) is 14.4. The number of ether oxygens (including phenoxy) is 1. The number of carbonyl (C=O) groups excluding carboxylic acids is 1. The average Bonchev–Trinajstić information content (AvgIpc) is 3.91. The SMILES string of the molecule is O=C(Nc1cncc(-c2ccc3[nH]nc(-c4cc5c(-c6cc(F)cc(OCCN7CCCC7)c6)nccc5[nH]4)c3n2)c1)C1CCCC1. The largest absolute Gasteiger partial charge is 0.492 e. The van der Waals surface area contributed by atoms with E-state index >= 15 is 0 Å². The van der Waals surface area contributed by atoms with Gasteiger partial charge in [0, 0.05) is 53.0 Å². The van der Waals surface area contributed by atoms with Gasteiger partial charge in [0.05, 0.1) is 34.5 Å². The molecule has 1 amide bonds. The van der Waals surface area contributed by atoms with Gasteiger partial charge in [-0.2, -0.15) is 5.10 Å². The molecule has 1 aliphatic carbocycles. The molecule has 11 heteroatoms. The van der Waals surface area contributed by atoms with E-state index in [1.807, 2.05) is 36.4 Å². The van der Waals surface area contributed by atoms with E-state index in [0.717, 1.165) is 73.0 Å². The number of aromatic amines is 2. The number of H-pyrrole nitrogens is 2. The molecular weight excluding hydrogens is 595 g/mol. The molecule has 10 nitrogen and oxygen atoms in total. The lowest BCUT2D eigenvalue weighted by Crippen LogP contribution is -2.25. The van der Waals surface area contributed by atoms with E-state index in [1.165, 1.54) is 25.0 Å². The molecule has 1 saturated carbocycles. The molecule has 1 aromatic carbocycles. The van der Waals surface area contributed by atoms with E-state index in [4.69, 9.17) is 9.72 Å². The van der Waals surface area contributed by atoms with Gasteiger partial charge in [-0.1, -0.05) is 12.8 Å². The molecule has 0 unspecified atom stereocenters. The smallest absolute Gasteiger partial charge is 0.227 e. The minimum Gasteiger partial charge on any atom is -0.492 e. The fraction of sp³-hybridized carbons (Fsp3) is 0.306. The van der Waals surface area contributed by atoms with E-state index in [2.05, 4.69) is 35.4 Å². The zero-order chi connectivity index (χ0) is 31.7. The van der Waals surface area contributed by atoms with Gasteiger partial charge in [0.2, 0.25) is 5.91 Å². The monoisotopic (exact) mass is 630 g/mol. The molecule has 2 fully saturated rings. The van der Waals surface area contributed by atoms with Crippen LogP contribution in [0, 0.1) is 11.7 Å². The summed E-state index contributed by atoms with van der Waals surface area (Å²) in [6.45, 7) is 3.51. The Hall–Kier alpha value is -5.16. The predicted molar refractivity (Wildman–Crippen MR) is 179 cm³/mol. The third-order valence-corrected chi connectivity index (χ3v) is 9.26. The number of anilines is 1. The maximum absolute atomic E-state index is 14.8.